The van der Waals surface area contributed by atoms with Crippen molar-refractivity contribution >= 4 is 53.4 Å². The molecule has 0 radical (unpaired) electrons. The van der Waals surface area contributed by atoms with Crippen LogP contribution in [0, 0.1) is 0 Å². The smallest absolute Gasteiger partial charge is 0.227 e. The molecule has 3 aromatic heterocycles. The van der Waals surface area contributed by atoms with Gasteiger partial charge in [0, 0.05) is 47.8 Å². The van der Waals surface area contributed by atoms with Crippen molar-refractivity contribution in [2.24, 2.45) is 0 Å². The highest BCUT2D eigenvalue weighted by Gasteiger charge is 2.19. The van der Waals surface area contributed by atoms with Gasteiger partial charge in [0.2, 0.25) is 5.89 Å². The van der Waals surface area contributed by atoms with Crippen molar-refractivity contribution < 1.29 is 4.42 Å². The van der Waals surface area contributed by atoms with Gasteiger partial charge in [-0.25, -0.2) is 19.9 Å². The lowest BCUT2D eigenvalue weighted by Gasteiger charge is -2.10. The maximum Gasteiger partial charge on any atom is 0.227 e. The Hall–Kier alpha value is -6.50. The Morgan fingerprint density at radius 3 is 1.98 bits per heavy atom. The number of rotatable bonds is 5. The molecule has 3 heterocycles. The summed E-state index contributed by atoms with van der Waals surface area (Å²) in [6.07, 6.45) is 0. The van der Waals surface area contributed by atoms with Crippen LogP contribution in [0.4, 0.5) is 0 Å². The first-order valence-electron chi connectivity index (χ1n) is 16.5. The minimum atomic E-state index is 0.599. The lowest BCUT2D eigenvalue weighted by atomic mass is 10.0. The second-order valence-corrected chi connectivity index (χ2v) is 13.3. The minimum Gasteiger partial charge on any atom is -0.435 e. The predicted octanol–water partition coefficient (Wildman–Crippen LogP) is 11.9. The van der Waals surface area contributed by atoms with E-state index in [1.807, 2.05) is 54.6 Å². The van der Waals surface area contributed by atoms with Gasteiger partial charge in [-0.3, -0.25) is 0 Å². The van der Waals surface area contributed by atoms with Crippen LogP contribution in [0.1, 0.15) is 0 Å². The van der Waals surface area contributed by atoms with Gasteiger partial charge in [0.25, 0.3) is 0 Å². The molecule has 0 bridgehead atoms. The molecule has 0 spiro atoms. The van der Waals surface area contributed by atoms with Gasteiger partial charge >= 0.3 is 0 Å². The molecule has 50 heavy (non-hydrogen) atoms. The fourth-order valence-electron chi connectivity index (χ4n) is 6.74. The molecule has 5 nitrogen and oxygen atoms in total. The summed E-state index contributed by atoms with van der Waals surface area (Å²) in [4.78, 5) is 20.2. The summed E-state index contributed by atoms with van der Waals surface area (Å²) in [6.45, 7) is 0. The molecule has 0 aliphatic heterocycles. The quantitative estimate of drug-likeness (QED) is 0.184. The summed E-state index contributed by atoms with van der Waals surface area (Å²) in [6, 6.07) is 54.1. The number of hydrogen-bond donors (Lipinski definition) is 0. The third kappa shape index (κ3) is 4.85. The van der Waals surface area contributed by atoms with E-state index in [2.05, 4.69) is 103 Å². The Kier molecular flexibility index (Phi) is 6.60. The first kappa shape index (κ1) is 28.5. The van der Waals surface area contributed by atoms with Gasteiger partial charge in [0.1, 0.15) is 5.52 Å². The fourth-order valence-corrected chi connectivity index (χ4v) is 7.85. The molecule has 234 valence electrons. The van der Waals surface area contributed by atoms with Crippen molar-refractivity contribution in [1.29, 1.82) is 0 Å². The molecular formula is C44H26N4OS. The van der Waals surface area contributed by atoms with Crippen LogP contribution in [0.25, 0.3) is 98.8 Å². The summed E-state index contributed by atoms with van der Waals surface area (Å²) >= 11 is 1.76. The molecule has 0 unspecified atom stereocenters. The number of fused-ring (bicyclic) bond motifs is 6. The van der Waals surface area contributed by atoms with Crippen LogP contribution in [0.5, 0.6) is 0 Å². The average molecular weight is 659 g/mol. The fraction of sp³-hybridized carbons (Fsp3) is 0. The Labute approximate surface area is 291 Å². The number of hydrogen-bond acceptors (Lipinski definition) is 6. The van der Waals surface area contributed by atoms with Gasteiger partial charge in [-0.05, 0) is 52.9 Å². The number of thiophene rings is 1. The molecular weight excluding hydrogens is 633 g/mol. The third-order valence-electron chi connectivity index (χ3n) is 9.16. The van der Waals surface area contributed by atoms with E-state index in [0.29, 0.717) is 23.4 Å². The lowest BCUT2D eigenvalue weighted by molar-refractivity contribution is 0.623. The molecule has 0 amide bonds. The zero-order chi connectivity index (χ0) is 33.0. The van der Waals surface area contributed by atoms with Crippen molar-refractivity contribution in [3.8, 4) is 56.7 Å². The van der Waals surface area contributed by atoms with E-state index < -0.39 is 0 Å². The lowest BCUT2D eigenvalue weighted by Crippen LogP contribution is -2.00. The summed E-state index contributed by atoms with van der Waals surface area (Å²) in [7, 11) is 0. The molecule has 0 N–H and O–H groups in total. The van der Waals surface area contributed by atoms with Gasteiger partial charge in [-0.1, -0.05) is 121 Å². The number of aromatic nitrogens is 4. The van der Waals surface area contributed by atoms with Crippen LogP contribution in [0.15, 0.2) is 162 Å². The van der Waals surface area contributed by atoms with E-state index in [-0.39, 0.29) is 0 Å². The minimum absolute atomic E-state index is 0.599. The first-order chi connectivity index (χ1) is 24.7. The molecule has 10 rings (SSSR count). The highest BCUT2D eigenvalue weighted by Crippen LogP contribution is 2.42. The molecule has 0 aliphatic rings. The van der Waals surface area contributed by atoms with Gasteiger partial charge in [0.15, 0.2) is 23.1 Å². The van der Waals surface area contributed by atoms with Crippen molar-refractivity contribution in [2.75, 3.05) is 0 Å². The van der Waals surface area contributed by atoms with Crippen LogP contribution in [-0.4, -0.2) is 19.9 Å². The van der Waals surface area contributed by atoms with Gasteiger partial charge < -0.3 is 4.42 Å². The third-order valence-corrected chi connectivity index (χ3v) is 10.3. The van der Waals surface area contributed by atoms with E-state index in [9.17, 15) is 0 Å². The zero-order valence-corrected chi connectivity index (χ0v) is 27.4. The Bertz CT molecular complexity index is 2880. The summed E-state index contributed by atoms with van der Waals surface area (Å²) < 4.78 is 8.78. The predicted molar refractivity (Wildman–Crippen MR) is 205 cm³/mol. The monoisotopic (exact) mass is 658 g/mol. The van der Waals surface area contributed by atoms with E-state index in [1.165, 1.54) is 4.70 Å². The molecule has 0 saturated heterocycles. The highest BCUT2D eigenvalue weighted by molar-refractivity contribution is 7.26. The molecule has 6 heteroatoms. The Balaban J connectivity index is 1.16. The molecule has 0 saturated carbocycles. The molecule has 0 fully saturated rings. The summed E-state index contributed by atoms with van der Waals surface area (Å²) in [5.74, 6) is 2.49. The molecule has 10 aromatic rings. The van der Waals surface area contributed by atoms with Crippen molar-refractivity contribution in [2.45, 2.75) is 0 Å². The number of nitrogens with zero attached hydrogens (tertiary/aromatic N) is 4. The van der Waals surface area contributed by atoms with Crippen LogP contribution >= 0.6 is 11.3 Å². The van der Waals surface area contributed by atoms with E-state index in [0.717, 1.165) is 70.7 Å². The van der Waals surface area contributed by atoms with Gasteiger partial charge in [-0.15, -0.1) is 11.3 Å². The number of benzene rings is 7. The maximum atomic E-state index is 6.45. The first-order valence-corrected chi connectivity index (χ1v) is 17.3. The van der Waals surface area contributed by atoms with E-state index in [4.69, 9.17) is 24.4 Å². The summed E-state index contributed by atoms with van der Waals surface area (Å²) in [5, 5.41) is 4.40. The zero-order valence-electron chi connectivity index (χ0n) is 26.6. The second kappa shape index (κ2) is 11.6. The van der Waals surface area contributed by atoms with Crippen molar-refractivity contribution in [3.63, 3.8) is 0 Å². The number of oxazole rings is 1. The second-order valence-electron chi connectivity index (χ2n) is 12.3. The standard InChI is InChI=1S/C44H26N4OS/c1-3-11-27(12-4-1)30-16-9-17-31(25-30)42-46-41(29-14-5-2-6-15-29)47-43(48-42)34-19-10-20-38-39(34)35-26-32(22-24-37(35)50-38)44-45-36-23-21-28-13-7-8-18-33(28)40(36)49-44/h1-26H. The maximum absolute atomic E-state index is 6.45. The average Bonchev–Trinajstić information content (AvgIpc) is 3.80. The largest absolute Gasteiger partial charge is 0.435 e. The van der Waals surface area contributed by atoms with Gasteiger partial charge in [-0.2, -0.15) is 0 Å². The van der Waals surface area contributed by atoms with E-state index in [1.54, 1.807) is 11.3 Å². The van der Waals surface area contributed by atoms with Crippen LogP contribution in [-0.2, 0) is 0 Å². The SMILES string of the molecule is c1ccc(-c2cccc(-c3nc(-c4ccccc4)nc(-c4cccc5sc6ccc(-c7nc8ccc9ccccc9c8o7)cc6c45)n3)c2)cc1. The molecule has 0 aliphatic carbocycles. The topological polar surface area (TPSA) is 64.7 Å². The van der Waals surface area contributed by atoms with Crippen LogP contribution in [0.3, 0.4) is 0 Å². The van der Waals surface area contributed by atoms with Crippen molar-refractivity contribution in [3.05, 3.63) is 158 Å². The Morgan fingerprint density at radius 1 is 0.420 bits per heavy atom. The van der Waals surface area contributed by atoms with Crippen LogP contribution < -0.4 is 0 Å². The molecule has 7 aromatic carbocycles. The Morgan fingerprint density at radius 2 is 1.12 bits per heavy atom. The highest BCUT2D eigenvalue weighted by atomic mass is 32.1. The van der Waals surface area contributed by atoms with Gasteiger partial charge in [0.05, 0.1) is 0 Å². The van der Waals surface area contributed by atoms with Crippen LogP contribution in [0.2, 0.25) is 0 Å². The summed E-state index contributed by atoms with van der Waals surface area (Å²) in [5.41, 5.74) is 7.64. The normalized spacial score (nSPS) is 11.6. The van der Waals surface area contributed by atoms with E-state index >= 15 is 0 Å². The molecule has 0 atom stereocenters. The van der Waals surface area contributed by atoms with Crippen molar-refractivity contribution in [1.82, 2.24) is 19.9 Å².